The van der Waals surface area contributed by atoms with E-state index >= 15 is 0 Å². The van der Waals surface area contributed by atoms with E-state index in [9.17, 15) is 0 Å². The monoisotopic (exact) mass is 867 g/mol. The molecule has 3 aromatic heterocycles. The van der Waals surface area contributed by atoms with Crippen LogP contribution in [0.1, 0.15) is 76.0 Å². The first-order valence-electron chi connectivity index (χ1n) is 18.0. The topological polar surface area (TPSA) is 44.9 Å². The third-order valence-electron chi connectivity index (χ3n) is 9.43. The molecule has 4 aromatic carbocycles. The molecule has 0 atom stereocenters. The van der Waals surface area contributed by atoms with Crippen molar-refractivity contribution in [3.05, 3.63) is 131 Å². The van der Waals surface area contributed by atoms with E-state index in [-0.39, 0.29) is 31.9 Å². The maximum atomic E-state index is 6.70. The zero-order valence-corrected chi connectivity index (χ0v) is 34.1. The van der Waals surface area contributed by atoms with E-state index in [1.165, 1.54) is 16.5 Å². The molecule has 5 nitrogen and oxygen atoms in total. The molecule has 6 heteroatoms. The number of benzene rings is 4. The molecule has 0 saturated carbocycles. The molecule has 0 aliphatic carbocycles. The van der Waals surface area contributed by atoms with Crippen LogP contribution in [0.5, 0.6) is 11.5 Å². The van der Waals surface area contributed by atoms with E-state index in [0.717, 1.165) is 75.3 Å². The van der Waals surface area contributed by atoms with Crippen LogP contribution >= 0.6 is 0 Å². The predicted octanol–water partition coefficient (Wildman–Crippen LogP) is 11.9. The molecule has 0 unspecified atom stereocenters. The van der Waals surface area contributed by atoms with Crippen LogP contribution in [0.25, 0.3) is 44.4 Å². The summed E-state index contributed by atoms with van der Waals surface area (Å²) in [5.41, 5.74) is 11.3. The first-order chi connectivity index (χ1) is 24.2. The number of fused-ring (bicyclic) bond motifs is 3. The van der Waals surface area contributed by atoms with E-state index in [0.29, 0.717) is 11.5 Å². The summed E-state index contributed by atoms with van der Waals surface area (Å²) in [6.45, 7) is 20.0. The maximum absolute atomic E-state index is 6.70. The Bertz CT molecular complexity index is 2370. The average Bonchev–Trinajstić information content (AvgIpc) is 3.55. The van der Waals surface area contributed by atoms with Crippen molar-refractivity contribution in [3.8, 4) is 34.1 Å². The van der Waals surface area contributed by atoms with Gasteiger partial charge in [-0.25, -0.2) is 4.98 Å². The van der Waals surface area contributed by atoms with Gasteiger partial charge in [-0.1, -0.05) is 89.5 Å². The molecule has 0 fully saturated rings. The fourth-order valence-corrected chi connectivity index (χ4v) is 7.07. The summed E-state index contributed by atoms with van der Waals surface area (Å²) in [5, 5.41) is 7.32. The molecule has 52 heavy (non-hydrogen) atoms. The van der Waals surface area contributed by atoms with Crippen molar-refractivity contribution in [2.75, 3.05) is 0 Å². The number of hydrogen-bond acceptors (Lipinski definition) is 3. The molecule has 0 aliphatic heterocycles. The second kappa shape index (κ2) is 14.5. The summed E-state index contributed by atoms with van der Waals surface area (Å²) in [7, 11) is 0. The summed E-state index contributed by atoms with van der Waals surface area (Å²) >= 11 is 0. The second-order valence-electron chi connectivity index (χ2n) is 16.4. The normalized spacial score (nSPS) is 12.0. The van der Waals surface area contributed by atoms with Crippen LogP contribution in [0.4, 0.5) is 0 Å². The summed E-state index contributed by atoms with van der Waals surface area (Å²) in [4.78, 5) is 4.80. The van der Waals surface area contributed by atoms with E-state index in [1.807, 2.05) is 29.1 Å². The fraction of sp³-hybridized carbons (Fsp3) is 0.304. The molecule has 0 saturated heterocycles. The number of aromatic nitrogens is 4. The van der Waals surface area contributed by atoms with Crippen molar-refractivity contribution >= 4 is 21.8 Å². The van der Waals surface area contributed by atoms with Gasteiger partial charge in [0.25, 0.3) is 0 Å². The zero-order chi connectivity index (χ0) is 36.1. The molecule has 0 N–H and O–H groups in total. The largest absolute Gasteiger partial charge is 2.00 e. The quantitative estimate of drug-likeness (QED) is 0.143. The number of ether oxygens (including phenoxy) is 1. The van der Waals surface area contributed by atoms with Crippen molar-refractivity contribution in [2.24, 2.45) is 10.8 Å². The third kappa shape index (κ3) is 7.95. The molecule has 7 aromatic rings. The first-order valence-corrected chi connectivity index (χ1v) is 18.0. The van der Waals surface area contributed by atoms with Crippen LogP contribution in [0.3, 0.4) is 0 Å². The smallest absolute Gasteiger partial charge is 0.509 e. The molecule has 0 amide bonds. The van der Waals surface area contributed by atoms with E-state index in [1.54, 1.807) is 0 Å². The molecule has 0 radical (unpaired) electrons. The standard InChI is InChI=1S/C46H48N4O.Pt/c1-30-20-22-47-43(23-30)49-41-18-15-34(29-46(7,8)9)26-40(41)39-17-16-37(28-42(39)49)51-38-25-33(19-21-45(4,5)6)24-36(27-38)50-32(3)44(31(2)48-50)35-13-11-10-12-14-35;/h10-18,20,22-26H,19,21,29H2,1-9H3;/q-2;+2. The van der Waals surface area contributed by atoms with Crippen molar-refractivity contribution in [1.29, 1.82) is 0 Å². The van der Waals surface area contributed by atoms with Gasteiger partial charge in [-0.3, -0.25) is 4.68 Å². The molecule has 0 bridgehead atoms. The predicted molar refractivity (Wildman–Crippen MR) is 210 cm³/mol. The summed E-state index contributed by atoms with van der Waals surface area (Å²) < 4.78 is 10.9. The van der Waals surface area contributed by atoms with E-state index in [2.05, 4.69) is 146 Å². The minimum Gasteiger partial charge on any atom is -0.509 e. The summed E-state index contributed by atoms with van der Waals surface area (Å²) in [5.74, 6) is 2.14. The molecular formula is C46H48N4OPt. The van der Waals surface area contributed by atoms with Gasteiger partial charge in [-0.15, -0.1) is 35.7 Å². The molecule has 0 spiro atoms. The van der Waals surface area contributed by atoms with Gasteiger partial charge in [0, 0.05) is 34.5 Å². The van der Waals surface area contributed by atoms with Gasteiger partial charge in [0.1, 0.15) is 5.82 Å². The van der Waals surface area contributed by atoms with Gasteiger partial charge >= 0.3 is 21.1 Å². The minimum absolute atomic E-state index is 0. The molecular weight excluding hydrogens is 820 g/mol. The van der Waals surface area contributed by atoms with Gasteiger partial charge < -0.3 is 9.30 Å². The average molecular weight is 868 g/mol. The first kappa shape index (κ1) is 37.3. The Hall–Kier alpha value is -4.47. The van der Waals surface area contributed by atoms with Crippen molar-refractivity contribution < 1.29 is 25.8 Å². The van der Waals surface area contributed by atoms with Crippen LogP contribution in [-0.2, 0) is 33.9 Å². The number of aryl methyl sites for hydroxylation is 3. The number of hydrogen-bond donors (Lipinski definition) is 0. The molecule has 268 valence electrons. The van der Waals surface area contributed by atoms with Gasteiger partial charge in [-0.2, -0.15) is 16.7 Å². The van der Waals surface area contributed by atoms with Gasteiger partial charge in [0.15, 0.2) is 0 Å². The van der Waals surface area contributed by atoms with Crippen LogP contribution in [-0.4, -0.2) is 19.3 Å². The fourth-order valence-electron chi connectivity index (χ4n) is 7.07. The Labute approximate surface area is 323 Å². The molecule has 3 heterocycles. The number of nitrogens with zero attached hydrogens (tertiary/aromatic N) is 4. The van der Waals surface area contributed by atoms with E-state index < -0.39 is 0 Å². The Morgan fingerprint density at radius 1 is 0.731 bits per heavy atom. The van der Waals surface area contributed by atoms with Gasteiger partial charge in [0.05, 0.1) is 5.69 Å². The molecule has 0 aliphatic rings. The van der Waals surface area contributed by atoms with Crippen LogP contribution in [0.15, 0.2) is 91.1 Å². The maximum Gasteiger partial charge on any atom is 2.00 e. The summed E-state index contributed by atoms with van der Waals surface area (Å²) in [6, 6.07) is 37.2. The zero-order valence-electron chi connectivity index (χ0n) is 31.8. The van der Waals surface area contributed by atoms with E-state index in [4.69, 9.17) is 14.8 Å². The van der Waals surface area contributed by atoms with Crippen LogP contribution in [0, 0.1) is 43.7 Å². The Morgan fingerprint density at radius 2 is 1.50 bits per heavy atom. The van der Waals surface area contributed by atoms with Crippen molar-refractivity contribution in [3.63, 3.8) is 0 Å². The SMILES string of the molecule is Cc1ccnc(-n2c3[c-]c(Oc4[c-]c(-n5nc(C)c(-c6ccccc6)c5C)cc(CCC(C)(C)C)c4)ccc3c3cc(CC(C)(C)C)ccc32)c1.[Pt+2]. The van der Waals surface area contributed by atoms with Gasteiger partial charge in [-0.05, 0) is 96.8 Å². The van der Waals surface area contributed by atoms with Gasteiger partial charge in [0.2, 0.25) is 0 Å². The van der Waals surface area contributed by atoms with Crippen molar-refractivity contribution in [1.82, 2.24) is 19.3 Å². The second-order valence-corrected chi connectivity index (χ2v) is 16.4. The Morgan fingerprint density at radius 3 is 2.21 bits per heavy atom. The Kier molecular flexibility index (Phi) is 10.4. The minimum atomic E-state index is 0. The van der Waals surface area contributed by atoms with Crippen LogP contribution in [0.2, 0.25) is 0 Å². The third-order valence-corrected chi connectivity index (χ3v) is 9.43. The summed E-state index contributed by atoms with van der Waals surface area (Å²) in [6.07, 6.45) is 4.83. The number of rotatable bonds is 8. The van der Waals surface area contributed by atoms with Crippen molar-refractivity contribution in [2.45, 2.75) is 81.6 Å². The Balaban J connectivity index is 0.00000464. The van der Waals surface area contributed by atoms with Crippen LogP contribution < -0.4 is 4.74 Å². The molecule has 7 rings (SSSR count). The number of pyridine rings is 1.